The Kier molecular flexibility index (Phi) is 3.72. The predicted molar refractivity (Wildman–Crippen MR) is 86.5 cm³/mol. The second kappa shape index (κ2) is 6.03. The van der Waals surface area contributed by atoms with Gasteiger partial charge in [-0.15, -0.1) is 10.2 Å². The summed E-state index contributed by atoms with van der Waals surface area (Å²) in [6, 6.07) is 1.85. The van der Waals surface area contributed by atoms with Gasteiger partial charge in [-0.2, -0.15) is 5.10 Å². The summed E-state index contributed by atoms with van der Waals surface area (Å²) in [5.74, 6) is 1.62. The molecule has 0 radical (unpaired) electrons. The molecule has 4 heterocycles. The molecule has 24 heavy (non-hydrogen) atoms. The summed E-state index contributed by atoms with van der Waals surface area (Å²) in [7, 11) is 0. The van der Waals surface area contributed by atoms with Crippen LogP contribution in [0, 0.1) is 6.92 Å². The quantitative estimate of drug-likeness (QED) is 0.783. The van der Waals surface area contributed by atoms with E-state index in [4.69, 9.17) is 0 Å². The van der Waals surface area contributed by atoms with E-state index in [1.54, 1.807) is 16.9 Å². The predicted octanol–water partition coefficient (Wildman–Crippen LogP) is 1.29. The summed E-state index contributed by atoms with van der Waals surface area (Å²) >= 11 is 0. The maximum absolute atomic E-state index is 12.5. The van der Waals surface area contributed by atoms with Gasteiger partial charge >= 0.3 is 0 Å². The monoisotopic (exact) mass is 325 g/mol. The van der Waals surface area contributed by atoms with Crippen molar-refractivity contribution >= 4 is 11.6 Å². The number of carbonyl (C=O) groups is 1. The number of amides is 1. The molecule has 3 aromatic rings. The van der Waals surface area contributed by atoms with E-state index in [1.807, 2.05) is 13.0 Å². The summed E-state index contributed by atoms with van der Waals surface area (Å²) in [6.45, 7) is 3.17. The van der Waals surface area contributed by atoms with Gasteiger partial charge in [0.2, 0.25) is 0 Å². The van der Waals surface area contributed by atoms with Crippen LogP contribution in [0.25, 0.3) is 5.65 Å². The van der Waals surface area contributed by atoms with Crippen molar-refractivity contribution < 1.29 is 4.79 Å². The van der Waals surface area contributed by atoms with E-state index in [0.29, 0.717) is 17.8 Å². The number of hydrogen-bond donors (Lipinski definition) is 1. The van der Waals surface area contributed by atoms with E-state index in [2.05, 4.69) is 30.2 Å². The van der Waals surface area contributed by atoms with E-state index in [-0.39, 0.29) is 5.91 Å². The van der Waals surface area contributed by atoms with Gasteiger partial charge in [-0.05, 0) is 25.8 Å². The topological polar surface area (TPSA) is 90.0 Å². The number of rotatable bonds is 3. The Labute approximate surface area is 138 Å². The minimum Gasteiger partial charge on any atom is -0.345 e. The number of nitrogens with zero attached hydrogens (tertiary/aromatic N) is 6. The van der Waals surface area contributed by atoms with Crippen molar-refractivity contribution in [2.24, 2.45) is 0 Å². The zero-order chi connectivity index (χ0) is 16.5. The van der Waals surface area contributed by atoms with Crippen molar-refractivity contribution in [3.63, 3.8) is 0 Å². The van der Waals surface area contributed by atoms with Crippen LogP contribution >= 0.6 is 0 Å². The normalized spacial score (nSPS) is 14.4. The molecular formula is C16H19N7O. The van der Waals surface area contributed by atoms with Crippen molar-refractivity contribution in [1.82, 2.24) is 34.7 Å². The van der Waals surface area contributed by atoms with Crippen molar-refractivity contribution in [2.45, 2.75) is 45.7 Å². The van der Waals surface area contributed by atoms with E-state index in [0.717, 1.165) is 43.1 Å². The molecule has 0 bridgehead atoms. The minimum absolute atomic E-state index is 0.200. The molecule has 0 saturated heterocycles. The maximum atomic E-state index is 12.5. The van der Waals surface area contributed by atoms with E-state index in [9.17, 15) is 4.79 Å². The number of fused-ring (bicyclic) bond motifs is 2. The van der Waals surface area contributed by atoms with Crippen LogP contribution in [0.1, 0.15) is 47.0 Å². The average Bonchev–Trinajstić information content (AvgIpc) is 3.09. The molecule has 8 nitrogen and oxygen atoms in total. The number of nitrogens with one attached hydrogen (secondary N) is 1. The summed E-state index contributed by atoms with van der Waals surface area (Å²) < 4.78 is 3.73. The first-order valence-electron chi connectivity index (χ1n) is 8.22. The largest absolute Gasteiger partial charge is 0.345 e. The van der Waals surface area contributed by atoms with Gasteiger partial charge in [0, 0.05) is 24.9 Å². The van der Waals surface area contributed by atoms with Crippen LogP contribution < -0.4 is 5.32 Å². The second-order valence-electron chi connectivity index (χ2n) is 6.07. The lowest BCUT2D eigenvalue weighted by Gasteiger charge is -2.07. The zero-order valence-electron chi connectivity index (χ0n) is 13.6. The molecule has 1 aliphatic rings. The highest BCUT2D eigenvalue weighted by molar-refractivity contribution is 5.99. The third-order valence-electron chi connectivity index (χ3n) is 4.35. The Morgan fingerprint density at radius 2 is 2.21 bits per heavy atom. The summed E-state index contributed by atoms with van der Waals surface area (Å²) in [5.41, 5.74) is 1.88. The van der Waals surface area contributed by atoms with Gasteiger partial charge in [0.25, 0.3) is 5.91 Å². The lowest BCUT2D eigenvalue weighted by molar-refractivity contribution is 0.0951. The first-order chi connectivity index (χ1) is 11.7. The first kappa shape index (κ1) is 14.8. The van der Waals surface area contributed by atoms with E-state index in [1.165, 1.54) is 6.42 Å². The molecule has 8 heteroatoms. The van der Waals surface area contributed by atoms with Gasteiger partial charge in [-0.1, -0.05) is 6.42 Å². The van der Waals surface area contributed by atoms with Crippen LogP contribution in [0.3, 0.4) is 0 Å². The number of aryl methyl sites for hydroxylation is 2. The molecule has 0 spiro atoms. The highest BCUT2D eigenvalue weighted by Gasteiger charge is 2.17. The maximum Gasteiger partial charge on any atom is 0.257 e. The lowest BCUT2D eigenvalue weighted by Crippen LogP contribution is -2.25. The Morgan fingerprint density at radius 3 is 3.12 bits per heavy atom. The Balaban J connectivity index is 1.52. The molecule has 0 fully saturated rings. The van der Waals surface area contributed by atoms with Crippen molar-refractivity contribution in [3.8, 4) is 0 Å². The molecule has 1 amide bonds. The summed E-state index contributed by atoms with van der Waals surface area (Å²) in [4.78, 5) is 16.9. The molecule has 0 aliphatic carbocycles. The highest BCUT2D eigenvalue weighted by atomic mass is 16.1. The van der Waals surface area contributed by atoms with Crippen LogP contribution in [0.5, 0.6) is 0 Å². The summed E-state index contributed by atoms with van der Waals surface area (Å²) in [5, 5.41) is 15.6. The van der Waals surface area contributed by atoms with Gasteiger partial charge in [-0.3, -0.25) is 4.79 Å². The number of aromatic nitrogens is 6. The fraction of sp³-hybridized carbons (Fsp3) is 0.438. The molecule has 1 N–H and O–H groups in total. The molecule has 0 aromatic carbocycles. The number of carbonyl (C=O) groups excluding carboxylic acids is 1. The molecule has 124 valence electrons. The zero-order valence-corrected chi connectivity index (χ0v) is 13.6. The van der Waals surface area contributed by atoms with Crippen molar-refractivity contribution in [3.05, 3.63) is 41.4 Å². The Hall–Kier alpha value is -2.77. The van der Waals surface area contributed by atoms with Crippen LogP contribution in [0.2, 0.25) is 0 Å². The van der Waals surface area contributed by atoms with Gasteiger partial charge in [0.15, 0.2) is 11.5 Å². The Bertz CT molecular complexity index is 895. The van der Waals surface area contributed by atoms with Gasteiger partial charge < -0.3 is 9.88 Å². The van der Waals surface area contributed by atoms with E-state index >= 15 is 0 Å². The average molecular weight is 325 g/mol. The molecular weight excluding hydrogens is 306 g/mol. The SMILES string of the molecule is Cc1ccn2ncc(C(=O)NCc3nnc4n3CCCCC4)c2n1. The van der Waals surface area contributed by atoms with Crippen LogP contribution in [0.4, 0.5) is 0 Å². The van der Waals surface area contributed by atoms with Gasteiger partial charge in [-0.25, -0.2) is 9.50 Å². The van der Waals surface area contributed by atoms with Crippen molar-refractivity contribution in [1.29, 1.82) is 0 Å². The smallest absolute Gasteiger partial charge is 0.257 e. The lowest BCUT2D eigenvalue weighted by atomic mass is 10.2. The molecule has 0 unspecified atom stereocenters. The Morgan fingerprint density at radius 1 is 1.29 bits per heavy atom. The summed E-state index contributed by atoms with van der Waals surface area (Å²) in [6.07, 6.45) is 7.79. The molecule has 0 saturated carbocycles. The first-order valence-corrected chi connectivity index (χ1v) is 8.22. The highest BCUT2D eigenvalue weighted by Crippen LogP contribution is 2.14. The number of hydrogen-bond acceptors (Lipinski definition) is 5. The molecule has 0 atom stereocenters. The molecule has 3 aromatic heterocycles. The van der Waals surface area contributed by atoms with Gasteiger partial charge in [0.1, 0.15) is 11.4 Å². The second-order valence-corrected chi connectivity index (χ2v) is 6.07. The van der Waals surface area contributed by atoms with Crippen LogP contribution in [0.15, 0.2) is 18.5 Å². The van der Waals surface area contributed by atoms with Crippen molar-refractivity contribution in [2.75, 3.05) is 0 Å². The third kappa shape index (κ3) is 2.64. The minimum atomic E-state index is -0.200. The van der Waals surface area contributed by atoms with E-state index < -0.39 is 0 Å². The van der Waals surface area contributed by atoms with Crippen LogP contribution in [-0.2, 0) is 19.5 Å². The van der Waals surface area contributed by atoms with Crippen LogP contribution in [-0.4, -0.2) is 35.3 Å². The third-order valence-corrected chi connectivity index (χ3v) is 4.35. The molecule has 1 aliphatic heterocycles. The standard InChI is InChI=1S/C16H19N7O/c1-11-6-8-23-15(19-11)12(9-18-23)16(24)17-10-14-21-20-13-5-3-2-4-7-22(13)14/h6,8-9H,2-5,7,10H2,1H3,(H,17,24). The molecule has 4 rings (SSSR count). The van der Waals surface area contributed by atoms with Gasteiger partial charge in [0.05, 0.1) is 12.7 Å². The fourth-order valence-electron chi connectivity index (χ4n) is 3.05. The fourth-order valence-corrected chi connectivity index (χ4v) is 3.05.